The lowest BCUT2D eigenvalue weighted by Gasteiger charge is -2.21. The lowest BCUT2D eigenvalue weighted by molar-refractivity contribution is 0.597. The summed E-state index contributed by atoms with van der Waals surface area (Å²) in [5, 5.41) is 9.36. The van der Waals surface area contributed by atoms with Crippen LogP contribution < -0.4 is 5.32 Å². The molecule has 0 spiro atoms. The van der Waals surface area contributed by atoms with Gasteiger partial charge in [-0.1, -0.05) is 18.0 Å². The summed E-state index contributed by atoms with van der Waals surface area (Å²) in [6.07, 6.45) is 4.11. The zero-order valence-corrected chi connectivity index (χ0v) is 12.1. The number of halogens is 1. The monoisotopic (exact) mass is 273 g/mol. The van der Waals surface area contributed by atoms with E-state index in [2.05, 4.69) is 22.2 Å². The fraction of sp³-hybridized carbons (Fsp3) is 0.750. The summed E-state index contributed by atoms with van der Waals surface area (Å²) >= 11 is 8.29. The van der Waals surface area contributed by atoms with Crippen LogP contribution >= 0.6 is 23.4 Å². The number of nitrogens with zero attached hydrogens (tertiary/aromatic N) is 2. The van der Waals surface area contributed by atoms with Crippen LogP contribution in [0.2, 0.25) is 5.15 Å². The largest absolute Gasteiger partial charge is 0.311 e. The molecule has 0 saturated carbocycles. The van der Waals surface area contributed by atoms with Crippen molar-refractivity contribution in [3.05, 3.63) is 16.4 Å². The molecule has 0 radical (unpaired) electrons. The molecule has 2 heterocycles. The summed E-state index contributed by atoms with van der Waals surface area (Å²) in [6, 6.07) is 0. The van der Waals surface area contributed by atoms with Gasteiger partial charge in [0, 0.05) is 31.0 Å². The van der Waals surface area contributed by atoms with Crippen molar-refractivity contribution in [1.82, 2.24) is 15.1 Å². The number of aryl methyl sites for hydroxylation is 2. The molecule has 0 aromatic carbocycles. The Morgan fingerprint density at radius 3 is 2.94 bits per heavy atom. The van der Waals surface area contributed by atoms with Crippen LogP contribution in [-0.4, -0.2) is 27.3 Å². The first-order valence-corrected chi connectivity index (χ1v) is 7.61. The molecule has 1 aromatic heterocycles. The van der Waals surface area contributed by atoms with Gasteiger partial charge in [-0.3, -0.25) is 4.68 Å². The van der Waals surface area contributed by atoms with E-state index in [9.17, 15) is 0 Å². The molecule has 1 unspecified atom stereocenters. The highest BCUT2D eigenvalue weighted by molar-refractivity contribution is 7.99. The normalized spacial score (nSPS) is 20.8. The third-order valence-electron chi connectivity index (χ3n) is 3.22. The highest BCUT2D eigenvalue weighted by Crippen LogP contribution is 2.24. The van der Waals surface area contributed by atoms with Gasteiger partial charge >= 0.3 is 0 Å². The third kappa shape index (κ3) is 3.39. The van der Waals surface area contributed by atoms with Gasteiger partial charge in [0.05, 0.1) is 5.69 Å². The maximum atomic E-state index is 6.19. The van der Waals surface area contributed by atoms with E-state index < -0.39 is 0 Å². The Kier molecular flexibility index (Phi) is 4.77. The topological polar surface area (TPSA) is 29.9 Å². The van der Waals surface area contributed by atoms with Crippen LogP contribution in [0.15, 0.2) is 0 Å². The molecule has 1 N–H and O–H groups in total. The van der Waals surface area contributed by atoms with E-state index in [1.807, 2.05) is 14.0 Å². The van der Waals surface area contributed by atoms with Gasteiger partial charge in [0.15, 0.2) is 0 Å². The highest BCUT2D eigenvalue weighted by Gasteiger charge is 2.15. The molecule has 5 heteroatoms. The van der Waals surface area contributed by atoms with Crippen molar-refractivity contribution in [2.75, 3.05) is 12.3 Å². The van der Waals surface area contributed by atoms with Gasteiger partial charge < -0.3 is 5.32 Å². The van der Waals surface area contributed by atoms with Crippen molar-refractivity contribution in [2.24, 2.45) is 7.05 Å². The van der Waals surface area contributed by atoms with E-state index in [4.69, 9.17) is 11.6 Å². The van der Waals surface area contributed by atoms with Crippen molar-refractivity contribution in [1.29, 1.82) is 0 Å². The Balaban J connectivity index is 1.81. The fourth-order valence-corrected chi connectivity index (χ4v) is 3.72. The summed E-state index contributed by atoms with van der Waals surface area (Å²) in [5.41, 5.74) is 2.16. The highest BCUT2D eigenvalue weighted by atomic mass is 35.5. The van der Waals surface area contributed by atoms with E-state index in [0.29, 0.717) is 0 Å². The molecule has 0 bridgehead atoms. The lowest BCUT2D eigenvalue weighted by Crippen LogP contribution is -2.26. The average Bonchev–Trinajstić information content (AvgIpc) is 2.57. The fourth-order valence-electron chi connectivity index (χ4n) is 2.20. The van der Waals surface area contributed by atoms with Crippen LogP contribution in [-0.2, 0) is 13.6 Å². The Morgan fingerprint density at radius 1 is 1.53 bits per heavy atom. The van der Waals surface area contributed by atoms with E-state index in [1.165, 1.54) is 25.0 Å². The maximum Gasteiger partial charge on any atom is 0.131 e. The summed E-state index contributed by atoms with van der Waals surface area (Å²) in [7, 11) is 1.88. The molecule has 0 amide bonds. The lowest BCUT2D eigenvalue weighted by atomic mass is 10.2. The van der Waals surface area contributed by atoms with Crippen LogP contribution in [0.5, 0.6) is 0 Å². The Morgan fingerprint density at radius 2 is 2.35 bits per heavy atom. The molecule has 96 valence electrons. The van der Waals surface area contributed by atoms with Gasteiger partial charge in [0.25, 0.3) is 0 Å². The second-order valence-corrected chi connectivity index (χ2v) is 6.36. The van der Waals surface area contributed by atoms with E-state index >= 15 is 0 Å². The molecule has 0 aliphatic carbocycles. The van der Waals surface area contributed by atoms with Crippen LogP contribution in [0, 0.1) is 6.92 Å². The van der Waals surface area contributed by atoms with E-state index in [1.54, 1.807) is 4.68 Å². The molecule has 1 atom stereocenters. The summed E-state index contributed by atoms with van der Waals surface area (Å²) in [6.45, 7) is 3.92. The maximum absolute atomic E-state index is 6.19. The molecule has 1 aliphatic rings. The number of rotatable bonds is 4. The molecule has 1 fully saturated rings. The first kappa shape index (κ1) is 13.2. The molecule has 2 rings (SSSR count). The molecule has 1 aromatic rings. The minimum Gasteiger partial charge on any atom is -0.311 e. The van der Waals surface area contributed by atoms with Gasteiger partial charge in [-0.25, -0.2) is 0 Å². The van der Waals surface area contributed by atoms with Gasteiger partial charge in [-0.05, 0) is 25.5 Å². The van der Waals surface area contributed by atoms with Crippen molar-refractivity contribution < 1.29 is 0 Å². The predicted molar refractivity (Wildman–Crippen MR) is 74.8 cm³/mol. The average molecular weight is 274 g/mol. The van der Waals surface area contributed by atoms with Gasteiger partial charge in [-0.2, -0.15) is 16.9 Å². The number of thioether (sulfide) groups is 1. The van der Waals surface area contributed by atoms with Crippen molar-refractivity contribution >= 4 is 23.4 Å². The van der Waals surface area contributed by atoms with Crippen molar-refractivity contribution in [3.63, 3.8) is 0 Å². The molecule has 1 saturated heterocycles. The van der Waals surface area contributed by atoms with Crippen LogP contribution in [0.3, 0.4) is 0 Å². The van der Waals surface area contributed by atoms with E-state index in [-0.39, 0.29) is 0 Å². The zero-order chi connectivity index (χ0) is 12.3. The minimum atomic E-state index is 0.756. The Labute approximate surface area is 112 Å². The number of nitrogens with one attached hydrogen (secondary N) is 1. The molecule has 3 nitrogen and oxygen atoms in total. The minimum absolute atomic E-state index is 0.756. The van der Waals surface area contributed by atoms with Crippen molar-refractivity contribution in [3.8, 4) is 0 Å². The second kappa shape index (κ2) is 6.12. The number of hydrogen-bond acceptors (Lipinski definition) is 3. The smallest absolute Gasteiger partial charge is 0.131 e. The molecule has 17 heavy (non-hydrogen) atoms. The molecular formula is C12H20ClN3S. The molecule has 1 aliphatic heterocycles. The van der Waals surface area contributed by atoms with Crippen LogP contribution in [0.4, 0.5) is 0 Å². The Bertz CT molecular complexity index is 372. The third-order valence-corrected chi connectivity index (χ3v) is 5.09. The van der Waals surface area contributed by atoms with Crippen LogP contribution in [0.1, 0.15) is 30.5 Å². The molecular weight excluding hydrogens is 254 g/mol. The zero-order valence-electron chi connectivity index (χ0n) is 10.5. The van der Waals surface area contributed by atoms with Crippen LogP contribution in [0.25, 0.3) is 0 Å². The second-order valence-electron chi connectivity index (χ2n) is 4.60. The van der Waals surface area contributed by atoms with E-state index in [0.717, 1.165) is 34.7 Å². The number of aromatic nitrogens is 2. The summed E-state index contributed by atoms with van der Waals surface area (Å²) in [4.78, 5) is 0. The quantitative estimate of drug-likeness (QED) is 0.915. The van der Waals surface area contributed by atoms with Gasteiger partial charge in [0.1, 0.15) is 5.15 Å². The summed E-state index contributed by atoms with van der Waals surface area (Å²) in [5.74, 6) is 1.32. The predicted octanol–water partition coefficient (Wildman–Crippen LogP) is 2.76. The Hall–Kier alpha value is -0.190. The summed E-state index contributed by atoms with van der Waals surface area (Å²) < 4.78 is 1.74. The first-order valence-electron chi connectivity index (χ1n) is 6.18. The SMILES string of the molecule is Cc1nn(C)c(Cl)c1CNCC1CCCCS1. The number of hydrogen-bond donors (Lipinski definition) is 1. The van der Waals surface area contributed by atoms with Gasteiger partial charge in [0.2, 0.25) is 0 Å². The first-order chi connectivity index (χ1) is 8.18. The van der Waals surface area contributed by atoms with Gasteiger partial charge in [-0.15, -0.1) is 0 Å². The standard InChI is InChI=1S/C12H20ClN3S/c1-9-11(12(13)16(2)15-9)8-14-7-10-5-3-4-6-17-10/h10,14H,3-8H2,1-2H3. The van der Waals surface area contributed by atoms with Crippen molar-refractivity contribution in [2.45, 2.75) is 38.0 Å².